The number of allylic oxidation sites excluding steroid dienone is 1. The van der Waals surface area contributed by atoms with Gasteiger partial charge in [0.1, 0.15) is 5.84 Å². The van der Waals surface area contributed by atoms with Crippen LogP contribution < -0.4 is 5.32 Å². The fraction of sp³-hybridized carbons (Fsp3) is 0.300. The first-order valence-corrected chi connectivity index (χ1v) is 3.89. The van der Waals surface area contributed by atoms with E-state index in [-0.39, 0.29) is 0 Å². The standard InChI is InChI=1S/C10H16N2/c1-6-8(3)9(4)12-10(7-2)11-5/h6H,1,3-4,7H2,2,5H3,(H,11,12). The normalized spacial score (nSPS) is 10.7. The van der Waals surface area contributed by atoms with Gasteiger partial charge < -0.3 is 5.32 Å². The van der Waals surface area contributed by atoms with E-state index in [1.165, 1.54) is 0 Å². The zero-order chi connectivity index (χ0) is 9.56. The molecule has 0 aromatic carbocycles. The molecule has 0 aliphatic carbocycles. The molecule has 0 spiro atoms. The summed E-state index contributed by atoms with van der Waals surface area (Å²) in [4.78, 5) is 4.03. The minimum Gasteiger partial charge on any atom is -0.344 e. The molecular weight excluding hydrogens is 148 g/mol. The Hall–Kier alpha value is -1.31. The highest BCUT2D eigenvalue weighted by Crippen LogP contribution is 2.02. The molecule has 0 fully saturated rings. The van der Waals surface area contributed by atoms with Crippen LogP contribution in [0.3, 0.4) is 0 Å². The van der Waals surface area contributed by atoms with Gasteiger partial charge in [0.15, 0.2) is 0 Å². The SMILES string of the molecule is C=CC(=C)C(=C)NC(CC)=NC. The van der Waals surface area contributed by atoms with Crippen molar-refractivity contribution in [3.63, 3.8) is 0 Å². The molecule has 0 bridgehead atoms. The summed E-state index contributed by atoms with van der Waals surface area (Å²) in [6, 6.07) is 0. The van der Waals surface area contributed by atoms with Gasteiger partial charge in [-0.25, -0.2) is 0 Å². The molecule has 0 rings (SSSR count). The van der Waals surface area contributed by atoms with E-state index in [4.69, 9.17) is 0 Å². The average Bonchev–Trinajstić information content (AvgIpc) is 2.12. The quantitative estimate of drug-likeness (QED) is 0.385. The molecule has 2 nitrogen and oxygen atoms in total. The third-order valence-electron chi connectivity index (χ3n) is 1.53. The van der Waals surface area contributed by atoms with Crippen LogP contribution in [0.1, 0.15) is 13.3 Å². The number of rotatable bonds is 4. The van der Waals surface area contributed by atoms with Gasteiger partial charge in [-0.05, 0) is 5.57 Å². The molecule has 0 aromatic heterocycles. The monoisotopic (exact) mass is 164 g/mol. The second kappa shape index (κ2) is 5.35. The Balaban J connectivity index is 4.17. The Kier molecular flexibility index (Phi) is 4.77. The van der Waals surface area contributed by atoms with Crippen LogP contribution >= 0.6 is 0 Å². The largest absolute Gasteiger partial charge is 0.344 e. The van der Waals surface area contributed by atoms with E-state index in [1.54, 1.807) is 13.1 Å². The van der Waals surface area contributed by atoms with Gasteiger partial charge >= 0.3 is 0 Å². The second-order valence-electron chi connectivity index (χ2n) is 2.36. The highest BCUT2D eigenvalue weighted by molar-refractivity contribution is 5.84. The molecule has 12 heavy (non-hydrogen) atoms. The lowest BCUT2D eigenvalue weighted by Crippen LogP contribution is -2.21. The van der Waals surface area contributed by atoms with Crippen molar-refractivity contribution in [1.29, 1.82) is 0 Å². The molecular formula is C10H16N2. The molecule has 0 aromatic rings. The Morgan fingerprint density at radius 2 is 2.08 bits per heavy atom. The third-order valence-corrected chi connectivity index (χ3v) is 1.53. The van der Waals surface area contributed by atoms with Gasteiger partial charge in [0.2, 0.25) is 0 Å². The number of aliphatic imine (C=N–C) groups is 1. The first-order chi connectivity index (χ1) is 5.65. The first kappa shape index (κ1) is 10.7. The Labute approximate surface area is 74.4 Å². The summed E-state index contributed by atoms with van der Waals surface area (Å²) >= 11 is 0. The predicted molar refractivity (Wildman–Crippen MR) is 55.3 cm³/mol. The fourth-order valence-electron chi connectivity index (χ4n) is 0.680. The van der Waals surface area contributed by atoms with E-state index in [1.807, 2.05) is 6.92 Å². The zero-order valence-electron chi connectivity index (χ0n) is 7.85. The molecule has 0 aliphatic heterocycles. The summed E-state index contributed by atoms with van der Waals surface area (Å²) < 4.78 is 0. The minimum absolute atomic E-state index is 0.757. The lowest BCUT2D eigenvalue weighted by atomic mass is 10.2. The summed E-state index contributed by atoms with van der Waals surface area (Å²) in [7, 11) is 1.75. The van der Waals surface area contributed by atoms with Gasteiger partial charge in [-0.2, -0.15) is 0 Å². The first-order valence-electron chi connectivity index (χ1n) is 3.89. The average molecular weight is 164 g/mol. The van der Waals surface area contributed by atoms with E-state index in [0.717, 1.165) is 23.5 Å². The van der Waals surface area contributed by atoms with Crippen LogP contribution in [0.15, 0.2) is 42.1 Å². The molecule has 1 N–H and O–H groups in total. The Morgan fingerprint density at radius 3 is 2.42 bits per heavy atom. The summed E-state index contributed by atoms with van der Waals surface area (Å²) in [5, 5.41) is 3.05. The van der Waals surface area contributed by atoms with Gasteiger partial charge in [0, 0.05) is 19.2 Å². The Bertz CT molecular complexity index is 224. The van der Waals surface area contributed by atoms with Crippen LogP contribution in [0.25, 0.3) is 0 Å². The summed E-state index contributed by atoms with van der Waals surface area (Å²) in [6.45, 7) is 13.2. The van der Waals surface area contributed by atoms with Gasteiger partial charge in [-0.3, -0.25) is 4.99 Å². The lowest BCUT2D eigenvalue weighted by molar-refractivity contribution is 1.07. The molecule has 0 atom stereocenters. The molecule has 66 valence electrons. The Morgan fingerprint density at radius 1 is 1.50 bits per heavy atom. The molecule has 0 saturated heterocycles. The van der Waals surface area contributed by atoms with Crippen LogP contribution in [-0.2, 0) is 0 Å². The number of hydrogen-bond acceptors (Lipinski definition) is 1. The van der Waals surface area contributed by atoms with E-state index < -0.39 is 0 Å². The zero-order valence-corrected chi connectivity index (χ0v) is 7.85. The maximum absolute atomic E-state index is 4.03. The van der Waals surface area contributed by atoms with Crippen LogP contribution in [-0.4, -0.2) is 12.9 Å². The maximum atomic E-state index is 4.03. The highest BCUT2D eigenvalue weighted by Gasteiger charge is 1.97. The van der Waals surface area contributed by atoms with Gasteiger partial charge in [-0.15, -0.1) is 0 Å². The number of amidine groups is 1. The number of nitrogens with one attached hydrogen (secondary N) is 1. The topological polar surface area (TPSA) is 24.4 Å². The number of nitrogens with zero attached hydrogens (tertiary/aromatic N) is 1. The fourth-order valence-corrected chi connectivity index (χ4v) is 0.680. The van der Waals surface area contributed by atoms with Crippen molar-refractivity contribution >= 4 is 5.84 Å². The molecule has 0 amide bonds. The lowest BCUT2D eigenvalue weighted by Gasteiger charge is -2.09. The third kappa shape index (κ3) is 3.19. The van der Waals surface area contributed by atoms with Crippen molar-refractivity contribution in [3.05, 3.63) is 37.1 Å². The molecule has 0 radical (unpaired) electrons. The number of hydrogen-bond donors (Lipinski definition) is 1. The van der Waals surface area contributed by atoms with Crippen LogP contribution in [0.2, 0.25) is 0 Å². The summed E-state index contributed by atoms with van der Waals surface area (Å²) in [6.07, 6.45) is 2.53. The summed E-state index contributed by atoms with van der Waals surface area (Å²) in [5.74, 6) is 0.906. The maximum Gasteiger partial charge on any atom is 0.100 e. The van der Waals surface area contributed by atoms with Crippen molar-refractivity contribution < 1.29 is 0 Å². The van der Waals surface area contributed by atoms with Crippen LogP contribution in [0.4, 0.5) is 0 Å². The van der Waals surface area contributed by atoms with Crippen LogP contribution in [0, 0.1) is 0 Å². The van der Waals surface area contributed by atoms with Crippen molar-refractivity contribution in [2.45, 2.75) is 13.3 Å². The molecule has 0 saturated carbocycles. The van der Waals surface area contributed by atoms with Gasteiger partial charge in [0.25, 0.3) is 0 Å². The summed E-state index contributed by atoms with van der Waals surface area (Å²) in [5.41, 5.74) is 1.55. The van der Waals surface area contributed by atoms with E-state index >= 15 is 0 Å². The smallest absolute Gasteiger partial charge is 0.100 e. The molecule has 0 unspecified atom stereocenters. The van der Waals surface area contributed by atoms with Gasteiger partial charge in [0.05, 0.1) is 0 Å². The van der Waals surface area contributed by atoms with E-state index in [0.29, 0.717) is 0 Å². The van der Waals surface area contributed by atoms with Crippen molar-refractivity contribution in [2.24, 2.45) is 4.99 Å². The minimum atomic E-state index is 0.757. The highest BCUT2D eigenvalue weighted by atomic mass is 15.0. The van der Waals surface area contributed by atoms with E-state index in [2.05, 4.69) is 30.0 Å². The predicted octanol–water partition coefficient (Wildman–Crippen LogP) is 2.27. The van der Waals surface area contributed by atoms with Crippen molar-refractivity contribution in [3.8, 4) is 0 Å². The molecule has 0 heterocycles. The molecule has 2 heteroatoms. The molecule has 0 aliphatic rings. The van der Waals surface area contributed by atoms with Crippen LogP contribution in [0.5, 0.6) is 0 Å². The van der Waals surface area contributed by atoms with E-state index in [9.17, 15) is 0 Å². The van der Waals surface area contributed by atoms with Gasteiger partial charge in [-0.1, -0.05) is 32.7 Å². The second-order valence-corrected chi connectivity index (χ2v) is 2.36. The van der Waals surface area contributed by atoms with Crippen molar-refractivity contribution in [2.75, 3.05) is 7.05 Å². The van der Waals surface area contributed by atoms with Crippen molar-refractivity contribution in [1.82, 2.24) is 5.32 Å².